The summed E-state index contributed by atoms with van der Waals surface area (Å²) >= 11 is 0. The van der Waals surface area contributed by atoms with Crippen molar-refractivity contribution in [3.8, 4) is 5.75 Å². The highest BCUT2D eigenvalue weighted by Gasteiger charge is 2.16. The molecule has 1 aromatic carbocycles. The summed E-state index contributed by atoms with van der Waals surface area (Å²) in [5, 5.41) is 22.2. The SMILES string of the molecule is CC(C)CC(CO)NC(C)c1cc(F)ccc1O. The molecule has 0 aliphatic carbocycles. The lowest BCUT2D eigenvalue weighted by Gasteiger charge is -2.24. The van der Waals surface area contributed by atoms with E-state index in [4.69, 9.17) is 0 Å². The van der Waals surface area contributed by atoms with Crippen LogP contribution in [0, 0.1) is 11.7 Å². The number of rotatable bonds is 6. The normalized spacial score (nSPS) is 14.8. The smallest absolute Gasteiger partial charge is 0.123 e. The third kappa shape index (κ3) is 4.27. The molecule has 3 N–H and O–H groups in total. The van der Waals surface area contributed by atoms with Gasteiger partial charge in [0, 0.05) is 17.6 Å². The molecule has 0 saturated carbocycles. The van der Waals surface area contributed by atoms with E-state index in [1.807, 2.05) is 6.92 Å². The Kier molecular flexibility index (Phi) is 5.56. The molecule has 2 atom stereocenters. The Morgan fingerprint density at radius 2 is 1.94 bits per heavy atom. The molecule has 1 rings (SSSR count). The van der Waals surface area contributed by atoms with Crippen molar-refractivity contribution in [2.24, 2.45) is 5.92 Å². The molecule has 0 spiro atoms. The molecule has 0 aliphatic heterocycles. The summed E-state index contributed by atoms with van der Waals surface area (Å²) < 4.78 is 13.1. The second kappa shape index (κ2) is 6.71. The lowest BCUT2D eigenvalue weighted by Crippen LogP contribution is -2.35. The summed E-state index contributed by atoms with van der Waals surface area (Å²) in [5.41, 5.74) is 0.511. The number of halogens is 1. The molecule has 0 aliphatic rings. The lowest BCUT2D eigenvalue weighted by atomic mass is 10.0. The van der Waals surface area contributed by atoms with Crippen molar-refractivity contribution in [1.29, 1.82) is 0 Å². The summed E-state index contributed by atoms with van der Waals surface area (Å²) in [6.45, 7) is 6.03. The number of phenolic OH excluding ortho intramolecular Hbond substituents is 1. The quantitative estimate of drug-likeness (QED) is 0.732. The zero-order valence-electron chi connectivity index (χ0n) is 11.2. The maximum Gasteiger partial charge on any atom is 0.123 e. The Morgan fingerprint density at radius 3 is 2.50 bits per heavy atom. The van der Waals surface area contributed by atoms with Crippen LogP contribution >= 0.6 is 0 Å². The number of phenols is 1. The molecule has 18 heavy (non-hydrogen) atoms. The van der Waals surface area contributed by atoms with E-state index in [-0.39, 0.29) is 30.3 Å². The van der Waals surface area contributed by atoms with Crippen LogP contribution in [0.1, 0.15) is 38.8 Å². The fourth-order valence-corrected chi connectivity index (χ4v) is 2.08. The van der Waals surface area contributed by atoms with E-state index >= 15 is 0 Å². The topological polar surface area (TPSA) is 52.5 Å². The molecule has 0 bridgehead atoms. The van der Waals surface area contributed by atoms with Crippen LogP contribution in [0.25, 0.3) is 0 Å². The number of aromatic hydroxyl groups is 1. The van der Waals surface area contributed by atoms with E-state index in [0.717, 1.165) is 6.42 Å². The van der Waals surface area contributed by atoms with Gasteiger partial charge in [-0.1, -0.05) is 13.8 Å². The van der Waals surface area contributed by atoms with Crippen molar-refractivity contribution in [2.75, 3.05) is 6.61 Å². The zero-order valence-corrected chi connectivity index (χ0v) is 11.2. The van der Waals surface area contributed by atoms with Crippen LogP contribution in [0.5, 0.6) is 5.75 Å². The number of hydrogen-bond donors (Lipinski definition) is 3. The molecule has 0 amide bonds. The van der Waals surface area contributed by atoms with Gasteiger partial charge in [-0.25, -0.2) is 4.39 Å². The van der Waals surface area contributed by atoms with Crippen molar-refractivity contribution >= 4 is 0 Å². The number of nitrogens with one attached hydrogen (secondary N) is 1. The van der Waals surface area contributed by atoms with Crippen molar-refractivity contribution < 1.29 is 14.6 Å². The summed E-state index contributed by atoms with van der Waals surface area (Å²) in [7, 11) is 0. The number of aliphatic hydroxyl groups is 1. The van der Waals surface area contributed by atoms with Gasteiger partial charge in [-0.3, -0.25) is 0 Å². The average Bonchev–Trinajstić information content (AvgIpc) is 2.30. The monoisotopic (exact) mass is 255 g/mol. The first-order valence-corrected chi connectivity index (χ1v) is 6.29. The number of hydrogen-bond acceptors (Lipinski definition) is 3. The van der Waals surface area contributed by atoms with Gasteiger partial charge >= 0.3 is 0 Å². The molecule has 4 heteroatoms. The van der Waals surface area contributed by atoms with Crippen LogP contribution in [0.2, 0.25) is 0 Å². The van der Waals surface area contributed by atoms with Gasteiger partial charge in [-0.15, -0.1) is 0 Å². The van der Waals surface area contributed by atoms with E-state index < -0.39 is 0 Å². The highest BCUT2D eigenvalue weighted by molar-refractivity contribution is 5.34. The number of benzene rings is 1. The van der Waals surface area contributed by atoms with Crippen molar-refractivity contribution in [3.63, 3.8) is 0 Å². The van der Waals surface area contributed by atoms with E-state index in [2.05, 4.69) is 19.2 Å². The molecule has 3 nitrogen and oxygen atoms in total. The van der Waals surface area contributed by atoms with Gasteiger partial charge in [-0.05, 0) is 37.5 Å². The zero-order chi connectivity index (χ0) is 13.7. The standard InChI is InChI=1S/C14H22FNO2/c1-9(2)6-12(8-17)16-10(3)13-7-11(15)4-5-14(13)18/h4-5,7,9-10,12,16-18H,6,8H2,1-3H3. The summed E-state index contributed by atoms with van der Waals surface area (Å²) in [4.78, 5) is 0. The predicted octanol–water partition coefficient (Wildman–Crippen LogP) is 2.59. The third-order valence-corrected chi connectivity index (χ3v) is 2.92. The van der Waals surface area contributed by atoms with E-state index in [0.29, 0.717) is 11.5 Å². The largest absolute Gasteiger partial charge is 0.508 e. The molecule has 1 aromatic rings. The summed E-state index contributed by atoms with van der Waals surface area (Å²) in [5.74, 6) is 0.154. The number of aliphatic hydroxyl groups excluding tert-OH is 1. The van der Waals surface area contributed by atoms with Gasteiger partial charge in [0.1, 0.15) is 11.6 Å². The molecule has 0 fully saturated rings. The minimum Gasteiger partial charge on any atom is -0.508 e. The van der Waals surface area contributed by atoms with Gasteiger partial charge in [0.25, 0.3) is 0 Å². The molecule has 2 unspecified atom stereocenters. The van der Waals surface area contributed by atoms with Crippen LogP contribution in [0.15, 0.2) is 18.2 Å². The Morgan fingerprint density at radius 1 is 1.28 bits per heavy atom. The Bertz CT molecular complexity index is 382. The summed E-state index contributed by atoms with van der Waals surface area (Å²) in [6.07, 6.45) is 0.830. The first-order chi connectivity index (χ1) is 8.43. The van der Waals surface area contributed by atoms with Crippen LogP contribution in [-0.4, -0.2) is 22.9 Å². The second-order valence-corrected chi connectivity index (χ2v) is 5.10. The molecule has 0 aromatic heterocycles. The molecular formula is C14H22FNO2. The first kappa shape index (κ1) is 14.9. The summed E-state index contributed by atoms with van der Waals surface area (Å²) in [6, 6.07) is 3.62. The fraction of sp³-hybridized carbons (Fsp3) is 0.571. The lowest BCUT2D eigenvalue weighted by molar-refractivity contribution is 0.214. The fourth-order valence-electron chi connectivity index (χ4n) is 2.08. The van der Waals surface area contributed by atoms with Crippen LogP contribution in [0.3, 0.4) is 0 Å². The van der Waals surface area contributed by atoms with Crippen molar-refractivity contribution in [2.45, 2.75) is 39.3 Å². The molecule has 0 heterocycles. The highest BCUT2D eigenvalue weighted by atomic mass is 19.1. The minimum atomic E-state index is -0.374. The van der Waals surface area contributed by atoms with Gasteiger partial charge < -0.3 is 15.5 Å². The predicted molar refractivity (Wildman–Crippen MR) is 69.9 cm³/mol. The second-order valence-electron chi connectivity index (χ2n) is 5.10. The molecule has 0 saturated heterocycles. The average molecular weight is 255 g/mol. The first-order valence-electron chi connectivity index (χ1n) is 6.29. The van der Waals surface area contributed by atoms with Crippen LogP contribution < -0.4 is 5.32 Å². The Hall–Kier alpha value is -1.13. The van der Waals surface area contributed by atoms with Gasteiger partial charge in [0.05, 0.1) is 6.61 Å². The van der Waals surface area contributed by atoms with Crippen molar-refractivity contribution in [1.82, 2.24) is 5.32 Å². The van der Waals surface area contributed by atoms with Gasteiger partial charge in [0.15, 0.2) is 0 Å². The molecule has 0 radical (unpaired) electrons. The van der Waals surface area contributed by atoms with Gasteiger partial charge in [-0.2, -0.15) is 0 Å². The van der Waals surface area contributed by atoms with Gasteiger partial charge in [0.2, 0.25) is 0 Å². The highest BCUT2D eigenvalue weighted by Crippen LogP contribution is 2.25. The third-order valence-electron chi connectivity index (χ3n) is 2.92. The van der Waals surface area contributed by atoms with Crippen LogP contribution in [0.4, 0.5) is 4.39 Å². The molecular weight excluding hydrogens is 233 g/mol. The Balaban J connectivity index is 2.74. The van der Waals surface area contributed by atoms with Crippen LogP contribution in [-0.2, 0) is 0 Å². The maximum atomic E-state index is 13.1. The van der Waals surface area contributed by atoms with E-state index in [9.17, 15) is 14.6 Å². The minimum absolute atomic E-state index is 0.0264. The molecule has 102 valence electrons. The maximum absolute atomic E-state index is 13.1. The Labute approximate surface area is 108 Å². The van der Waals surface area contributed by atoms with Crippen molar-refractivity contribution in [3.05, 3.63) is 29.6 Å². The van der Waals surface area contributed by atoms with E-state index in [1.54, 1.807) is 0 Å². The van der Waals surface area contributed by atoms with E-state index in [1.165, 1.54) is 18.2 Å².